The SMILES string of the molecule is O=C(O)CN1C[C@@H]2COC[C@H](C1)N(C(=O)c1ccc(Cl)c(F)c1)C2. The van der Waals surface area contributed by atoms with Crippen LogP contribution in [0.5, 0.6) is 0 Å². The van der Waals surface area contributed by atoms with Crippen molar-refractivity contribution in [3.63, 3.8) is 0 Å². The molecule has 1 aromatic rings. The van der Waals surface area contributed by atoms with Gasteiger partial charge in [-0.3, -0.25) is 14.5 Å². The summed E-state index contributed by atoms with van der Waals surface area (Å²) in [7, 11) is 0. The van der Waals surface area contributed by atoms with Crippen molar-refractivity contribution in [2.45, 2.75) is 6.04 Å². The number of carbonyl (C=O) groups is 2. The zero-order valence-corrected chi connectivity index (χ0v) is 13.7. The molecule has 1 aromatic carbocycles. The van der Waals surface area contributed by atoms with Gasteiger partial charge in [0, 0.05) is 31.1 Å². The number of carboxylic acids is 1. The predicted octanol–water partition coefficient (Wildman–Crippen LogP) is 1.34. The molecule has 0 saturated carbocycles. The maximum Gasteiger partial charge on any atom is 0.317 e. The smallest absolute Gasteiger partial charge is 0.317 e. The van der Waals surface area contributed by atoms with E-state index in [0.717, 1.165) is 6.07 Å². The van der Waals surface area contributed by atoms with Crippen LogP contribution in [-0.2, 0) is 9.53 Å². The van der Waals surface area contributed by atoms with Crippen LogP contribution in [0.3, 0.4) is 0 Å². The molecule has 6 nitrogen and oxygen atoms in total. The maximum atomic E-state index is 13.7. The van der Waals surface area contributed by atoms with Crippen LogP contribution in [-0.4, -0.2) is 72.2 Å². The Kier molecular flexibility index (Phi) is 5.03. The van der Waals surface area contributed by atoms with Crippen molar-refractivity contribution in [1.29, 1.82) is 0 Å². The van der Waals surface area contributed by atoms with Crippen LogP contribution in [0.1, 0.15) is 10.4 Å². The lowest BCUT2D eigenvalue weighted by atomic mass is 10.1. The molecule has 0 aromatic heterocycles. The Bertz CT molecular complexity index is 657. The molecule has 1 N–H and O–H groups in total. The third kappa shape index (κ3) is 3.68. The molecule has 2 bridgehead atoms. The number of amides is 1. The Hall–Kier alpha value is -1.70. The van der Waals surface area contributed by atoms with E-state index < -0.39 is 11.8 Å². The minimum Gasteiger partial charge on any atom is -0.480 e. The van der Waals surface area contributed by atoms with Crippen molar-refractivity contribution < 1.29 is 23.8 Å². The third-order valence-corrected chi connectivity index (χ3v) is 4.64. The van der Waals surface area contributed by atoms with E-state index in [1.807, 2.05) is 4.90 Å². The molecule has 0 unspecified atom stereocenters. The molecule has 24 heavy (non-hydrogen) atoms. The summed E-state index contributed by atoms with van der Waals surface area (Å²) in [6.45, 7) is 2.19. The van der Waals surface area contributed by atoms with Crippen LogP contribution >= 0.6 is 11.6 Å². The fourth-order valence-electron chi connectivity index (χ4n) is 3.30. The van der Waals surface area contributed by atoms with Gasteiger partial charge in [0.2, 0.25) is 0 Å². The van der Waals surface area contributed by atoms with Gasteiger partial charge >= 0.3 is 5.97 Å². The zero-order chi connectivity index (χ0) is 17.3. The van der Waals surface area contributed by atoms with Crippen molar-refractivity contribution >= 4 is 23.5 Å². The molecule has 2 aliphatic heterocycles. The highest BCUT2D eigenvalue weighted by atomic mass is 35.5. The Morgan fingerprint density at radius 3 is 2.79 bits per heavy atom. The van der Waals surface area contributed by atoms with Crippen LogP contribution in [0, 0.1) is 11.7 Å². The standard InChI is InChI=1S/C16H18ClFN2O4/c17-13-2-1-11(3-14(13)18)16(23)20-5-10-4-19(7-15(21)22)6-12(20)9-24-8-10/h1-3,10,12H,4-9H2,(H,21,22)/t10-,12-/m0/s1. The zero-order valence-electron chi connectivity index (χ0n) is 13.0. The van der Waals surface area contributed by atoms with Gasteiger partial charge in [-0.25, -0.2) is 4.39 Å². The number of benzene rings is 1. The summed E-state index contributed by atoms with van der Waals surface area (Å²) in [4.78, 5) is 27.3. The van der Waals surface area contributed by atoms with Gasteiger partial charge in [0.1, 0.15) is 5.82 Å². The summed E-state index contributed by atoms with van der Waals surface area (Å²) < 4.78 is 19.3. The fraction of sp³-hybridized carbons (Fsp3) is 0.500. The minimum atomic E-state index is -0.895. The normalized spacial score (nSPS) is 24.5. The maximum absolute atomic E-state index is 13.7. The van der Waals surface area contributed by atoms with Gasteiger partial charge in [-0.05, 0) is 18.2 Å². The largest absolute Gasteiger partial charge is 0.480 e. The van der Waals surface area contributed by atoms with Gasteiger partial charge in [-0.1, -0.05) is 11.6 Å². The van der Waals surface area contributed by atoms with Gasteiger partial charge in [0.15, 0.2) is 0 Å². The van der Waals surface area contributed by atoms with Gasteiger partial charge in [-0.15, -0.1) is 0 Å². The van der Waals surface area contributed by atoms with E-state index in [-0.39, 0.29) is 35.0 Å². The molecule has 0 aliphatic carbocycles. The molecule has 2 atom stereocenters. The first-order valence-corrected chi connectivity index (χ1v) is 8.09. The monoisotopic (exact) mass is 356 g/mol. The molecule has 2 saturated heterocycles. The molecule has 8 heteroatoms. The highest BCUT2D eigenvalue weighted by Gasteiger charge is 2.36. The number of nitrogens with zero attached hydrogens (tertiary/aromatic N) is 2. The summed E-state index contributed by atoms with van der Waals surface area (Å²) in [5.74, 6) is -1.79. The molecule has 0 radical (unpaired) electrons. The number of carbonyl (C=O) groups excluding carboxylic acids is 1. The Morgan fingerprint density at radius 2 is 2.08 bits per heavy atom. The summed E-state index contributed by atoms with van der Waals surface area (Å²) in [5, 5.41) is 8.99. The molecule has 1 amide bonds. The van der Waals surface area contributed by atoms with Crippen molar-refractivity contribution in [2.75, 3.05) is 39.4 Å². The lowest BCUT2D eigenvalue weighted by Gasteiger charge is -2.30. The van der Waals surface area contributed by atoms with E-state index in [9.17, 15) is 14.0 Å². The summed E-state index contributed by atoms with van der Waals surface area (Å²) in [5.41, 5.74) is 0.231. The minimum absolute atomic E-state index is 0.0259. The Balaban J connectivity index is 1.83. The van der Waals surface area contributed by atoms with E-state index in [2.05, 4.69) is 0 Å². The van der Waals surface area contributed by atoms with Crippen molar-refractivity contribution in [1.82, 2.24) is 9.80 Å². The van der Waals surface area contributed by atoms with Crippen LogP contribution in [0.25, 0.3) is 0 Å². The number of rotatable bonds is 3. The number of carboxylic acid groups (broad SMARTS) is 1. The second-order valence-corrected chi connectivity index (χ2v) is 6.64. The average Bonchev–Trinajstić information content (AvgIpc) is 2.79. The third-order valence-electron chi connectivity index (χ3n) is 4.33. The molecule has 0 spiro atoms. The van der Waals surface area contributed by atoms with E-state index >= 15 is 0 Å². The second kappa shape index (κ2) is 7.04. The van der Waals surface area contributed by atoms with Crippen molar-refractivity contribution in [3.8, 4) is 0 Å². The topological polar surface area (TPSA) is 70.1 Å². The number of halogens is 2. The van der Waals surface area contributed by atoms with E-state index in [0.29, 0.717) is 32.8 Å². The molecule has 2 heterocycles. The quantitative estimate of drug-likeness (QED) is 0.885. The second-order valence-electron chi connectivity index (χ2n) is 6.23. The fourth-order valence-corrected chi connectivity index (χ4v) is 3.42. The molecular weight excluding hydrogens is 339 g/mol. The van der Waals surface area contributed by atoms with E-state index in [4.69, 9.17) is 21.4 Å². The number of fused-ring (bicyclic) bond motifs is 3. The Labute approximate surface area is 143 Å². The summed E-state index contributed by atoms with van der Waals surface area (Å²) >= 11 is 5.67. The first kappa shape index (κ1) is 17.1. The van der Waals surface area contributed by atoms with Crippen LogP contribution in [0.15, 0.2) is 18.2 Å². The van der Waals surface area contributed by atoms with E-state index in [1.54, 1.807) is 4.90 Å². The lowest BCUT2D eigenvalue weighted by molar-refractivity contribution is -0.138. The first-order chi connectivity index (χ1) is 11.4. The van der Waals surface area contributed by atoms with Crippen molar-refractivity contribution in [2.24, 2.45) is 5.92 Å². The number of hydrogen-bond donors (Lipinski definition) is 1. The molecule has 3 rings (SSSR count). The van der Waals surface area contributed by atoms with Crippen LogP contribution < -0.4 is 0 Å². The van der Waals surface area contributed by atoms with Gasteiger partial charge < -0.3 is 14.7 Å². The average molecular weight is 357 g/mol. The molecular formula is C16H18ClFN2O4. The highest BCUT2D eigenvalue weighted by molar-refractivity contribution is 6.30. The first-order valence-electron chi connectivity index (χ1n) is 7.72. The van der Waals surface area contributed by atoms with Gasteiger partial charge in [0.05, 0.1) is 30.8 Å². The Morgan fingerprint density at radius 1 is 1.29 bits per heavy atom. The molecule has 2 aliphatic rings. The van der Waals surface area contributed by atoms with E-state index in [1.165, 1.54) is 12.1 Å². The van der Waals surface area contributed by atoms with Crippen LogP contribution in [0.2, 0.25) is 5.02 Å². The predicted molar refractivity (Wildman–Crippen MR) is 84.6 cm³/mol. The van der Waals surface area contributed by atoms with Crippen LogP contribution in [0.4, 0.5) is 4.39 Å². The molecule has 2 fully saturated rings. The number of ether oxygens (including phenoxy) is 1. The summed E-state index contributed by atoms with van der Waals surface area (Å²) in [6, 6.07) is 3.73. The van der Waals surface area contributed by atoms with Crippen molar-refractivity contribution in [3.05, 3.63) is 34.6 Å². The number of hydrogen-bond acceptors (Lipinski definition) is 4. The lowest BCUT2D eigenvalue weighted by Crippen LogP contribution is -2.47. The van der Waals surface area contributed by atoms with Gasteiger partial charge in [-0.2, -0.15) is 0 Å². The number of aliphatic carboxylic acids is 1. The molecule has 130 valence electrons. The summed E-state index contributed by atoms with van der Waals surface area (Å²) in [6.07, 6.45) is 0. The van der Waals surface area contributed by atoms with Gasteiger partial charge in [0.25, 0.3) is 5.91 Å². The highest BCUT2D eigenvalue weighted by Crippen LogP contribution is 2.23.